The summed E-state index contributed by atoms with van der Waals surface area (Å²) in [5, 5.41) is 7.77. The fourth-order valence-corrected chi connectivity index (χ4v) is 3.81. The van der Waals surface area contributed by atoms with Crippen LogP contribution in [0.15, 0.2) is 57.8 Å². The van der Waals surface area contributed by atoms with E-state index in [1.165, 1.54) is 0 Å². The zero-order chi connectivity index (χ0) is 17.9. The fourth-order valence-electron chi connectivity index (χ4n) is 2.52. The molecule has 5 nitrogen and oxygen atoms in total. The topological polar surface area (TPSA) is 68.0 Å². The molecular formula is C19H15N3O2S2. The third kappa shape index (κ3) is 3.58. The van der Waals surface area contributed by atoms with Crippen molar-refractivity contribution in [3.05, 3.63) is 64.8 Å². The summed E-state index contributed by atoms with van der Waals surface area (Å²) in [6.45, 7) is 1.83. The first-order valence-electron chi connectivity index (χ1n) is 7.99. The first kappa shape index (κ1) is 16.7. The Kier molecular flexibility index (Phi) is 4.64. The molecule has 0 spiro atoms. The number of benzene rings is 1. The summed E-state index contributed by atoms with van der Waals surface area (Å²) in [6, 6.07) is 11.5. The smallest absolute Gasteiger partial charge is 0.236 e. The number of thiazole rings is 1. The van der Waals surface area contributed by atoms with E-state index in [1.807, 2.05) is 54.1 Å². The van der Waals surface area contributed by atoms with Gasteiger partial charge in [0.25, 0.3) is 0 Å². The highest BCUT2D eigenvalue weighted by Crippen LogP contribution is 2.26. The lowest BCUT2D eigenvalue weighted by Gasteiger charge is -2.05. The normalized spacial score (nSPS) is 10.8. The number of aromatic nitrogens is 2. The van der Waals surface area contributed by atoms with Gasteiger partial charge >= 0.3 is 0 Å². The lowest BCUT2D eigenvalue weighted by atomic mass is 10.2. The lowest BCUT2D eigenvalue weighted by molar-refractivity contribution is -0.115. The van der Waals surface area contributed by atoms with Crippen LogP contribution in [0.3, 0.4) is 0 Å². The van der Waals surface area contributed by atoms with Crippen LogP contribution in [0.4, 0.5) is 5.69 Å². The Labute approximate surface area is 158 Å². The van der Waals surface area contributed by atoms with E-state index < -0.39 is 0 Å². The number of thiophene rings is 1. The quantitative estimate of drug-likeness (QED) is 0.527. The molecule has 0 bridgehead atoms. The van der Waals surface area contributed by atoms with Crippen LogP contribution in [0, 0.1) is 6.92 Å². The second kappa shape index (κ2) is 7.23. The van der Waals surface area contributed by atoms with Gasteiger partial charge in [-0.1, -0.05) is 6.07 Å². The Morgan fingerprint density at radius 2 is 2.00 bits per heavy atom. The third-order valence-electron chi connectivity index (χ3n) is 3.80. The van der Waals surface area contributed by atoms with Crippen LogP contribution in [0.1, 0.15) is 11.5 Å². The van der Waals surface area contributed by atoms with Crippen molar-refractivity contribution in [2.45, 2.75) is 13.3 Å². The number of nitrogens with zero attached hydrogens (tertiary/aromatic N) is 2. The van der Waals surface area contributed by atoms with Gasteiger partial charge in [0.2, 0.25) is 11.8 Å². The second-order valence-electron chi connectivity index (χ2n) is 5.64. The van der Waals surface area contributed by atoms with Gasteiger partial charge in [0, 0.05) is 22.8 Å². The SMILES string of the molecule is Cc1oc(-c2cccs2)nc1CC(=O)Nc1ccc(-c2nccs2)cc1. The Hall–Kier alpha value is -2.77. The van der Waals surface area contributed by atoms with Crippen LogP contribution >= 0.6 is 22.7 Å². The largest absolute Gasteiger partial charge is 0.440 e. The number of anilines is 1. The summed E-state index contributed by atoms with van der Waals surface area (Å²) in [7, 11) is 0. The first-order chi connectivity index (χ1) is 12.7. The molecule has 0 aliphatic rings. The van der Waals surface area contributed by atoms with Crippen molar-refractivity contribution in [1.29, 1.82) is 0 Å². The van der Waals surface area contributed by atoms with Crippen LogP contribution in [0.2, 0.25) is 0 Å². The van der Waals surface area contributed by atoms with Crippen LogP contribution < -0.4 is 5.32 Å². The standard InChI is InChI=1S/C19H15N3O2S2/c1-12-15(22-18(24-12)16-3-2-9-25-16)11-17(23)21-14-6-4-13(5-7-14)19-20-8-10-26-19/h2-10H,11H2,1H3,(H,21,23). The summed E-state index contributed by atoms with van der Waals surface area (Å²) >= 11 is 3.14. The molecule has 7 heteroatoms. The number of carbonyl (C=O) groups is 1. The second-order valence-corrected chi connectivity index (χ2v) is 7.48. The van der Waals surface area contributed by atoms with E-state index in [4.69, 9.17) is 4.42 Å². The molecule has 0 atom stereocenters. The molecule has 0 radical (unpaired) electrons. The maximum atomic E-state index is 12.3. The Balaban J connectivity index is 1.43. The fraction of sp³-hybridized carbons (Fsp3) is 0.105. The van der Waals surface area contributed by atoms with E-state index in [-0.39, 0.29) is 12.3 Å². The molecule has 130 valence electrons. The lowest BCUT2D eigenvalue weighted by Crippen LogP contribution is -2.15. The molecule has 1 N–H and O–H groups in total. The number of hydrogen-bond acceptors (Lipinski definition) is 6. The van der Waals surface area contributed by atoms with Crippen molar-refractivity contribution >= 4 is 34.3 Å². The molecule has 0 aliphatic carbocycles. The number of nitrogens with one attached hydrogen (secondary N) is 1. The summed E-state index contributed by atoms with van der Waals surface area (Å²) in [5.41, 5.74) is 2.44. The number of oxazole rings is 1. The van der Waals surface area contributed by atoms with Crippen molar-refractivity contribution in [3.63, 3.8) is 0 Å². The molecule has 26 heavy (non-hydrogen) atoms. The third-order valence-corrected chi connectivity index (χ3v) is 5.48. The van der Waals surface area contributed by atoms with E-state index in [0.717, 1.165) is 21.1 Å². The van der Waals surface area contributed by atoms with Crippen LogP contribution in [-0.4, -0.2) is 15.9 Å². The molecule has 3 aromatic heterocycles. The molecule has 1 aromatic carbocycles. The van der Waals surface area contributed by atoms with Gasteiger partial charge < -0.3 is 9.73 Å². The van der Waals surface area contributed by atoms with E-state index in [0.29, 0.717) is 17.3 Å². The van der Waals surface area contributed by atoms with Gasteiger partial charge in [0.1, 0.15) is 10.8 Å². The van der Waals surface area contributed by atoms with Crippen LogP contribution in [0.25, 0.3) is 21.3 Å². The molecule has 0 unspecified atom stereocenters. The highest BCUT2D eigenvalue weighted by atomic mass is 32.1. The average molecular weight is 381 g/mol. The molecular weight excluding hydrogens is 366 g/mol. The maximum absolute atomic E-state index is 12.3. The molecule has 4 rings (SSSR count). The van der Waals surface area contributed by atoms with Crippen molar-refractivity contribution in [3.8, 4) is 21.3 Å². The van der Waals surface area contributed by atoms with E-state index in [1.54, 1.807) is 28.9 Å². The van der Waals surface area contributed by atoms with Crippen molar-refractivity contribution < 1.29 is 9.21 Å². The summed E-state index contributed by atoms with van der Waals surface area (Å²) < 4.78 is 5.68. The van der Waals surface area contributed by atoms with Crippen molar-refractivity contribution in [2.24, 2.45) is 0 Å². The van der Waals surface area contributed by atoms with Gasteiger partial charge in [-0.2, -0.15) is 0 Å². The molecule has 0 fully saturated rings. The van der Waals surface area contributed by atoms with Gasteiger partial charge in [-0.05, 0) is 42.6 Å². The molecule has 0 saturated heterocycles. The molecule has 4 aromatic rings. The Morgan fingerprint density at radius 1 is 1.15 bits per heavy atom. The van der Waals surface area contributed by atoms with Gasteiger partial charge in [0.15, 0.2) is 0 Å². The summed E-state index contributed by atoms with van der Waals surface area (Å²) in [6.07, 6.45) is 1.95. The number of aryl methyl sites for hydroxylation is 1. The zero-order valence-electron chi connectivity index (χ0n) is 13.9. The van der Waals surface area contributed by atoms with E-state index in [9.17, 15) is 4.79 Å². The number of carbonyl (C=O) groups excluding carboxylic acids is 1. The van der Waals surface area contributed by atoms with Crippen LogP contribution in [-0.2, 0) is 11.2 Å². The Morgan fingerprint density at radius 3 is 2.69 bits per heavy atom. The van der Waals surface area contributed by atoms with Crippen molar-refractivity contribution in [1.82, 2.24) is 9.97 Å². The minimum atomic E-state index is -0.124. The number of amides is 1. The minimum absolute atomic E-state index is 0.124. The predicted octanol–water partition coefficient (Wildman–Crippen LogP) is 5.02. The first-order valence-corrected chi connectivity index (χ1v) is 9.75. The highest BCUT2D eigenvalue weighted by molar-refractivity contribution is 7.13. The minimum Gasteiger partial charge on any atom is -0.440 e. The number of rotatable bonds is 5. The monoisotopic (exact) mass is 381 g/mol. The summed E-state index contributed by atoms with van der Waals surface area (Å²) in [4.78, 5) is 22.0. The zero-order valence-corrected chi connectivity index (χ0v) is 15.6. The van der Waals surface area contributed by atoms with E-state index >= 15 is 0 Å². The predicted molar refractivity (Wildman–Crippen MR) is 104 cm³/mol. The van der Waals surface area contributed by atoms with Gasteiger partial charge in [-0.3, -0.25) is 4.79 Å². The average Bonchev–Trinajstić information content (AvgIpc) is 3.38. The van der Waals surface area contributed by atoms with Gasteiger partial charge in [-0.25, -0.2) is 9.97 Å². The molecule has 0 saturated carbocycles. The summed E-state index contributed by atoms with van der Waals surface area (Å²) in [5.74, 6) is 1.11. The van der Waals surface area contributed by atoms with Crippen molar-refractivity contribution in [2.75, 3.05) is 5.32 Å². The van der Waals surface area contributed by atoms with E-state index in [2.05, 4.69) is 15.3 Å². The number of hydrogen-bond donors (Lipinski definition) is 1. The molecule has 0 aliphatic heterocycles. The maximum Gasteiger partial charge on any atom is 0.236 e. The van der Waals surface area contributed by atoms with Crippen LogP contribution in [0.5, 0.6) is 0 Å². The highest BCUT2D eigenvalue weighted by Gasteiger charge is 2.15. The van der Waals surface area contributed by atoms with Gasteiger partial charge in [0.05, 0.1) is 17.0 Å². The van der Waals surface area contributed by atoms with Gasteiger partial charge in [-0.15, -0.1) is 22.7 Å². The molecule has 1 amide bonds. The Bertz CT molecular complexity index is 1000. The molecule has 3 heterocycles.